The predicted molar refractivity (Wildman–Crippen MR) is 170 cm³/mol. The van der Waals surface area contributed by atoms with Crippen LogP contribution in [0.2, 0.25) is 10.0 Å². The van der Waals surface area contributed by atoms with E-state index in [0.29, 0.717) is 39.6 Å². The van der Waals surface area contributed by atoms with Gasteiger partial charge in [0.25, 0.3) is 5.91 Å². The molecule has 1 amide bonds. The molecule has 0 atom stereocenters. The lowest BCUT2D eigenvalue weighted by molar-refractivity contribution is -0.137. The molecule has 3 aromatic carbocycles. The molecule has 0 saturated carbocycles. The first kappa shape index (κ1) is 30.5. The van der Waals surface area contributed by atoms with E-state index in [4.69, 9.17) is 28.2 Å². The van der Waals surface area contributed by atoms with Crippen molar-refractivity contribution in [3.63, 3.8) is 0 Å². The normalized spacial score (nSPS) is 13.6. The molecule has 43 heavy (non-hydrogen) atoms. The Labute approximate surface area is 262 Å². The minimum absolute atomic E-state index is 0.208. The van der Waals surface area contributed by atoms with E-state index in [1.54, 1.807) is 18.2 Å². The van der Waals surface area contributed by atoms with Gasteiger partial charge in [0.1, 0.15) is 6.54 Å². The maximum atomic E-state index is 13.9. The number of anilines is 1. The average molecular weight is 618 g/mol. The zero-order chi connectivity index (χ0) is 30.2. The van der Waals surface area contributed by atoms with Crippen LogP contribution in [0.5, 0.6) is 0 Å². The van der Waals surface area contributed by atoms with E-state index < -0.39 is 18.4 Å². The summed E-state index contributed by atoms with van der Waals surface area (Å²) in [6.45, 7) is 1.41. The lowest BCUT2D eigenvalue weighted by Crippen LogP contribution is -2.38. The van der Waals surface area contributed by atoms with Crippen molar-refractivity contribution in [3.05, 3.63) is 123 Å². The number of nitrogens with zero attached hydrogens (tertiary/aromatic N) is 4. The summed E-state index contributed by atoms with van der Waals surface area (Å²) in [5.41, 5.74) is 3.72. The van der Waals surface area contributed by atoms with Crippen LogP contribution in [0.4, 0.5) is 5.95 Å². The van der Waals surface area contributed by atoms with Crippen LogP contribution in [-0.2, 0) is 24.1 Å². The Morgan fingerprint density at radius 2 is 1.51 bits per heavy atom. The summed E-state index contributed by atoms with van der Waals surface area (Å²) in [6.07, 6.45) is 5.31. The highest BCUT2D eigenvalue weighted by molar-refractivity contribution is 6.36. The predicted octanol–water partition coefficient (Wildman–Crippen LogP) is 6.60. The molecule has 1 fully saturated rings. The van der Waals surface area contributed by atoms with Gasteiger partial charge in [-0.2, -0.15) is 0 Å². The third-order valence-corrected chi connectivity index (χ3v) is 8.59. The van der Waals surface area contributed by atoms with Crippen molar-refractivity contribution < 1.29 is 14.7 Å². The smallest absolute Gasteiger partial charge is 0.323 e. The second-order valence-electron chi connectivity index (χ2n) is 10.9. The Morgan fingerprint density at radius 3 is 2.14 bits per heavy atom. The van der Waals surface area contributed by atoms with E-state index >= 15 is 0 Å². The number of carbonyl (C=O) groups is 2. The van der Waals surface area contributed by atoms with Gasteiger partial charge in [0.15, 0.2) is 0 Å². The van der Waals surface area contributed by atoms with Crippen LogP contribution in [0.25, 0.3) is 0 Å². The molecule has 1 aliphatic rings. The Kier molecular flexibility index (Phi) is 10.3. The largest absolute Gasteiger partial charge is 0.480 e. The number of rotatable bonds is 11. The van der Waals surface area contributed by atoms with Crippen molar-refractivity contribution in [2.24, 2.45) is 5.92 Å². The molecule has 1 saturated heterocycles. The molecule has 0 spiro atoms. The van der Waals surface area contributed by atoms with E-state index in [2.05, 4.69) is 34.1 Å². The van der Waals surface area contributed by atoms with Crippen LogP contribution in [-0.4, -0.2) is 58.0 Å². The van der Waals surface area contributed by atoms with Gasteiger partial charge in [-0.1, -0.05) is 89.9 Å². The summed E-state index contributed by atoms with van der Waals surface area (Å²) in [5.74, 6) is -0.408. The fourth-order valence-corrected chi connectivity index (χ4v) is 6.05. The monoisotopic (exact) mass is 616 g/mol. The Balaban J connectivity index is 1.40. The van der Waals surface area contributed by atoms with Gasteiger partial charge in [0, 0.05) is 42.3 Å². The zero-order valence-corrected chi connectivity index (χ0v) is 25.3. The molecule has 1 aliphatic heterocycles. The van der Waals surface area contributed by atoms with Crippen LogP contribution in [0.15, 0.2) is 85.1 Å². The summed E-state index contributed by atoms with van der Waals surface area (Å²) in [7, 11) is 0. The van der Waals surface area contributed by atoms with Crippen molar-refractivity contribution in [2.75, 3.05) is 31.1 Å². The molecule has 5 rings (SSSR count). The van der Waals surface area contributed by atoms with Crippen molar-refractivity contribution in [3.8, 4) is 0 Å². The highest BCUT2D eigenvalue weighted by atomic mass is 35.5. The molecule has 222 valence electrons. The van der Waals surface area contributed by atoms with Crippen LogP contribution in [0.1, 0.15) is 45.6 Å². The summed E-state index contributed by atoms with van der Waals surface area (Å²) in [6, 6.07) is 25.5. The maximum Gasteiger partial charge on any atom is 0.323 e. The molecular formula is C34H34Cl2N4O3. The fourth-order valence-electron chi connectivity index (χ4n) is 5.52. The Hall–Kier alpha value is -3.94. The van der Waals surface area contributed by atoms with Gasteiger partial charge in [-0.3, -0.25) is 9.59 Å². The second-order valence-corrected chi connectivity index (χ2v) is 11.7. The number of carboxylic acids is 1. The van der Waals surface area contributed by atoms with Crippen molar-refractivity contribution in [2.45, 2.75) is 32.1 Å². The van der Waals surface area contributed by atoms with Crippen LogP contribution in [0.3, 0.4) is 0 Å². The van der Waals surface area contributed by atoms with E-state index in [1.165, 1.54) is 16.7 Å². The highest BCUT2D eigenvalue weighted by Crippen LogP contribution is 2.29. The molecule has 0 radical (unpaired) electrons. The molecule has 0 bridgehead atoms. The van der Waals surface area contributed by atoms with E-state index in [9.17, 15) is 14.7 Å². The number of aromatic nitrogens is 2. The zero-order valence-electron chi connectivity index (χ0n) is 23.8. The molecule has 0 aliphatic carbocycles. The molecule has 1 N–H and O–H groups in total. The first-order chi connectivity index (χ1) is 20.9. The quantitative estimate of drug-likeness (QED) is 0.204. The van der Waals surface area contributed by atoms with Crippen LogP contribution in [0, 0.1) is 5.92 Å². The molecule has 4 aromatic rings. The number of hydrogen-bond donors (Lipinski definition) is 1. The van der Waals surface area contributed by atoms with Gasteiger partial charge in [0.05, 0.1) is 11.3 Å². The van der Waals surface area contributed by atoms with E-state index in [0.717, 1.165) is 37.9 Å². The molecule has 1 aromatic heterocycles. The number of piperidine rings is 1. The van der Waals surface area contributed by atoms with Crippen LogP contribution >= 0.6 is 23.2 Å². The van der Waals surface area contributed by atoms with E-state index in [-0.39, 0.29) is 18.5 Å². The maximum absolute atomic E-state index is 13.9. The van der Waals surface area contributed by atoms with E-state index in [1.807, 2.05) is 36.4 Å². The van der Waals surface area contributed by atoms with Gasteiger partial charge >= 0.3 is 5.97 Å². The lowest BCUT2D eigenvalue weighted by atomic mass is 9.90. The van der Waals surface area contributed by atoms with Gasteiger partial charge in [-0.15, -0.1) is 0 Å². The van der Waals surface area contributed by atoms with Gasteiger partial charge in [-0.25, -0.2) is 9.97 Å². The SMILES string of the molecule is O=C(O)CN(CCc1ccccc1)C(=O)c1cnc(N2CCC(Cc3ccccc3)CC2)nc1Cc1c(Cl)cccc1Cl. The third-order valence-electron chi connectivity index (χ3n) is 7.88. The number of carboxylic acid groups (broad SMARTS) is 1. The van der Waals surface area contributed by atoms with Crippen molar-refractivity contribution in [1.82, 2.24) is 14.9 Å². The van der Waals surface area contributed by atoms with Crippen molar-refractivity contribution >= 4 is 41.0 Å². The molecule has 9 heteroatoms. The molecule has 0 unspecified atom stereocenters. The highest BCUT2D eigenvalue weighted by Gasteiger charge is 2.26. The number of aliphatic carboxylic acids is 1. The van der Waals surface area contributed by atoms with Gasteiger partial charge in [-0.05, 0) is 60.4 Å². The van der Waals surface area contributed by atoms with Gasteiger partial charge < -0.3 is 14.9 Å². The molecular weight excluding hydrogens is 583 g/mol. The number of amides is 1. The Bertz CT molecular complexity index is 1520. The molecule has 7 nitrogen and oxygen atoms in total. The summed E-state index contributed by atoms with van der Waals surface area (Å²) >= 11 is 13.0. The number of benzene rings is 3. The Morgan fingerprint density at radius 1 is 0.884 bits per heavy atom. The summed E-state index contributed by atoms with van der Waals surface area (Å²) in [4.78, 5) is 38.6. The number of hydrogen-bond acceptors (Lipinski definition) is 5. The minimum atomic E-state index is -1.09. The lowest BCUT2D eigenvalue weighted by Gasteiger charge is -2.32. The first-order valence-corrected chi connectivity index (χ1v) is 15.3. The standard InChI is InChI=1S/C34H34Cl2N4O3/c35-29-12-7-13-30(36)27(29)21-31-28(33(43)40(23-32(41)42)19-14-24-8-3-1-4-9-24)22-37-34(38-31)39-17-15-26(16-18-39)20-25-10-5-2-6-11-25/h1-13,22,26H,14-21,23H2,(H,41,42). The summed E-state index contributed by atoms with van der Waals surface area (Å²) in [5, 5.41) is 10.6. The number of halogens is 2. The van der Waals surface area contributed by atoms with Crippen molar-refractivity contribution in [1.29, 1.82) is 0 Å². The first-order valence-electron chi connectivity index (χ1n) is 14.5. The van der Waals surface area contributed by atoms with Crippen LogP contribution < -0.4 is 4.90 Å². The second kappa shape index (κ2) is 14.5. The summed E-state index contributed by atoms with van der Waals surface area (Å²) < 4.78 is 0. The third kappa shape index (κ3) is 8.12. The van der Waals surface area contributed by atoms with Gasteiger partial charge in [0.2, 0.25) is 5.95 Å². The fraction of sp³-hybridized carbons (Fsp3) is 0.294. The average Bonchev–Trinajstić information content (AvgIpc) is 3.02. The topological polar surface area (TPSA) is 86.6 Å². The molecule has 2 heterocycles. The minimum Gasteiger partial charge on any atom is -0.480 e. The number of carbonyl (C=O) groups excluding carboxylic acids is 1.